The Kier molecular flexibility index (Phi) is 4.61. The lowest BCUT2D eigenvalue weighted by atomic mass is 10.1. The van der Waals surface area contributed by atoms with E-state index in [9.17, 15) is 18.4 Å². The van der Waals surface area contributed by atoms with Crippen LogP contribution in [0.3, 0.4) is 0 Å². The van der Waals surface area contributed by atoms with Gasteiger partial charge in [0.25, 0.3) is 0 Å². The summed E-state index contributed by atoms with van der Waals surface area (Å²) >= 11 is 0. The Bertz CT molecular complexity index is 744. The lowest BCUT2D eigenvalue weighted by Gasteiger charge is -2.10. The Balaban J connectivity index is 2.39. The molecule has 0 aliphatic carbocycles. The van der Waals surface area contributed by atoms with Crippen LogP contribution in [0.25, 0.3) is 11.4 Å². The van der Waals surface area contributed by atoms with Crippen LogP contribution >= 0.6 is 0 Å². The molecule has 0 aliphatic heterocycles. The van der Waals surface area contributed by atoms with Gasteiger partial charge in [-0.3, -0.25) is 0 Å². The second kappa shape index (κ2) is 6.30. The van der Waals surface area contributed by atoms with E-state index in [-0.39, 0.29) is 5.56 Å². The molecular formula is C15H15F3N4O. The van der Waals surface area contributed by atoms with E-state index in [1.54, 1.807) is 0 Å². The fourth-order valence-corrected chi connectivity index (χ4v) is 2.10. The van der Waals surface area contributed by atoms with Crippen LogP contribution in [0, 0.1) is 18.3 Å². The van der Waals surface area contributed by atoms with Gasteiger partial charge in [0.1, 0.15) is 17.6 Å². The van der Waals surface area contributed by atoms with E-state index >= 15 is 0 Å². The minimum Gasteiger partial charge on any atom is -0.406 e. The van der Waals surface area contributed by atoms with Crippen LogP contribution in [0.4, 0.5) is 13.2 Å². The van der Waals surface area contributed by atoms with E-state index in [1.165, 1.54) is 6.07 Å². The Morgan fingerprint density at radius 3 is 2.61 bits per heavy atom. The topological polar surface area (TPSA) is 64.9 Å². The largest absolute Gasteiger partial charge is 0.573 e. The minimum atomic E-state index is -4.80. The van der Waals surface area contributed by atoms with E-state index in [1.807, 2.05) is 32.0 Å². The standard InChI is InChI=1S/C15H15F3N4O/c1-9-13(8-22(2)3)21-14(20-9)12-5-4-11(6-10(12)7-19)23-15(16,17)18/h4-6H,8H2,1-3H3,(H,20,21). The summed E-state index contributed by atoms with van der Waals surface area (Å²) in [6.45, 7) is 2.46. The van der Waals surface area contributed by atoms with Gasteiger partial charge in [-0.25, -0.2) is 4.98 Å². The summed E-state index contributed by atoms with van der Waals surface area (Å²) in [5.74, 6) is 0.00375. The predicted molar refractivity (Wildman–Crippen MR) is 77.5 cm³/mol. The summed E-state index contributed by atoms with van der Waals surface area (Å²) in [7, 11) is 3.80. The zero-order chi connectivity index (χ0) is 17.2. The van der Waals surface area contributed by atoms with Crippen molar-refractivity contribution in [1.29, 1.82) is 5.26 Å². The average molecular weight is 324 g/mol. The molecule has 8 heteroatoms. The van der Waals surface area contributed by atoms with Gasteiger partial charge in [0, 0.05) is 17.8 Å². The molecule has 1 aromatic heterocycles. The van der Waals surface area contributed by atoms with Crippen molar-refractivity contribution < 1.29 is 17.9 Å². The molecule has 5 nitrogen and oxygen atoms in total. The van der Waals surface area contributed by atoms with Crippen LogP contribution in [-0.2, 0) is 6.54 Å². The number of alkyl halides is 3. The molecule has 0 fully saturated rings. The molecule has 0 saturated carbocycles. The first-order chi connectivity index (χ1) is 10.7. The van der Waals surface area contributed by atoms with Gasteiger partial charge in [-0.1, -0.05) is 0 Å². The molecule has 2 rings (SSSR count). The smallest absolute Gasteiger partial charge is 0.406 e. The number of benzene rings is 1. The number of hydrogen-bond donors (Lipinski definition) is 1. The van der Waals surface area contributed by atoms with Gasteiger partial charge in [-0.05, 0) is 39.2 Å². The van der Waals surface area contributed by atoms with Crippen LogP contribution in [0.5, 0.6) is 5.75 Å². The van der Waals surface area contributed by atoms with Crippen LogP contribution in [0.1, 0.15) is 17.0 Å². The zero-order valence-electron chi connectivity index (χ0n) is 12.8. The molecule has 2 aromatic rings. The van der Waals surface area contributed by atoms with Crippen molar-refractivity contribution in [3.63, 3.8) is 0 Å². The number of aromatic amines is 1. The fraction of sp³-hybridized carbons (Fsp3) is 0.333. The molecule has 0 bridgehead atoms. The number of ether oxygens (including phenoxy) is 1. The SMILES string of the molecule is Cc1[nH]c(-c2ccc(OC(F)(F)F)cc2C#N)nc1CN(C)C. The number of rotatable bonds is 4. The van der Waals surface area contributed by atoms with Gasteiger partial charge >= 0.3 is 6.36 Å². The summed E-state index contributed by atoms with van der Waals surface area (Å²) in [6, 6.07) is 5.47. The van der Waals surface area contributed by atoms with Crippen LogP contribution < -0.4 is 4.74 Å². The lowest BCUT2D eigenvalue weighted by Crippen LogP contribution is -2.17. The molecule has 122 valence electrons. The molecule has 0 radical (unpaired) electrons. The molecular weight excluding hydrogens is 309 g/mol. The van der Waals surface area contributed by atoms with Crippen molar-refractivity contribution in [2.75, 3.05) is 14.1 Å². The number of aryl methyl sites for hydroxylation is 1. The molecule has 23 heavy (non-hydrogen) atoms. The maximum Gasteiger partial charge on any atom is 0.573 e. The maximum absolute atomic E-state index is 12.2. The van der Waals surface area contributed by atoms with Crippen molar-refractivity contribution in [3.05, 3.63) is 35.2 Å². The summed E-state index contributed by atoms with van der Waals surface area (Å²) in [5, 5.41) is 9.19. The third-order valence-corrected chi connectivity index (χ3v) is 3.05. The third kappa shape index (κ3) is 4.23. The lowest BCUT2D eigenvalue weighted by molar-refractivity contribution is -0.274. The number of nitrogens with one attached hydrogen (secondary N) is 1. The molecule has 0 aliphatic rings. The van der Waals surface area contributed by atoms with Crippen LogP contribution in [0.2, 0.25) is 0 Å². The van der Waals surface area contributed by atoms with E-state index in [0.29, 0.717) is 17.9 Å². The van der Waals surface area contributed by atoms with Crippen LogP contribution in [-0.4, -0.2) is 35.3 Å². The number of aromatic nitrogens is 2. The normalized spacial score (nSPS) is 11.6. The summed E-state index contributed by atoms with van der Waals surface area (Å²) in [6.07, 6.45) is -4.80. The number of hydrogen-bond acceptors (Lipinski definition) is 4. The highest BCUT2D eigenvalue weighted by molar-refractivity contribution is 5.66. The molecule has 1 N–H and O–H groups in total. The number of H-pyrrole nitrogens is 1. The monoisotopic (exact) mass is 324 g/mol. The zero-order valence-corrected chi connectivity index (χ0v) is 12.8. The molecule has 0 saturated heterocycles. The second-order valence-corrected chi connectivity index (χ2v) is 5.26. The van der Waals surface area contributed by atoms with Crippen LogP contribution in [0.15, 0.2) is 18.2 Å². The highest BCUT2D eigenvalue weighted by atomic mass is 19.4. The van der Waals surface area contributed by atoms with E-state index in [2.05, 4.69) is 14.7 Å². The quantitative estimate of drug-likeness (QED) is 0.938. The van der Waals surface area contributed by atoms with Gasteiger partial charge in [0.2, 0.25) is 0 Å². The number of nitrogens with zero attached hydrogens (tertiary/aromatic N) is 3. The van der Waals surface area contributed by atoms with Crippen molar-refractivity contribution in [1.82, 2.24) is 14.9 Å². The first-order valence-electron chi connectivity index (χ1n) is 6.70. The van der Waals surface area contributed by atoms with Crippen molar-refractivity contribution in [2.24, 2.45) is 0 Å². The minimum absolute atomic E-state index is 0.0527. The third-order valence-electron chi connectivity index (χ3n) is 3.05. The van der Waals surface area contributed by atoms with Crippen molar-refractivity contribution in [3.8, 4) is 23.2 Å². The van der Waals surface area contributed by atoms with Gasteiger partial charge in [0.15, 0.2) is 0 Å². The Labute approximate surface area is 131 Å². The first-order valence-corrected chi connectivity index (χ1v) is 6.70. The predicted octanol–water partition coefficient (Wildman–Crippen LogP) is 3.22. The number of halogens is 3. The highest BCUT2D eigenvalue weighted by Crippen LogP contribution is 2.29. The number of imidazole rings is 1. The summed E-state index contributed by atoms with van der Waals surface area (Å²) < 4.78 is 40.6. The average Bonchev–Trinajstić information content (AvgIpc) is 2.77. The fourth-order valence-electron chi connectivity index (χ4n) is 2.10. The second-order valence-electron chi connectivity index (χ2n) is 5.26. The molecule has 1 aromatic carbocycles. The Morgan fingerprint density at radius 1 is 1.35 bits per heavy atom. The Morgan fingerprint density at radius 2 is 2.04 bits per heavy atom. The summed E-state index contributed by atoms with van der Waals surface area (Å²) in [4.78, 5) is 9.42. The highest BCUT2D eigenvalue weighted by Gasteiger charge is 2.31. The van der Waals surface area contributed by atoms with Gasteiger partial charge in [0.05, 0.1) is 11.3 Å². The molecule has 0 atom stereocenters. The van der Waals surface area contributed by atoms with Gasteiger partial charge in [-0.2, -0.15) is 5.26 Å². The van der Waals surface area contributed by atoms with Crippen molar-refractivity contribution >= 4 is 0 Å². The summed E-state index contributed by atoms with van der Waals surface area (Å²) in [5.41, 5.74) is 2.13. The number of nitriles is 1. The van der Waals surface area contributed by atoms with Gasteiger partial charge < -0.3 is 14.6 Å². The molecule has 0 spiro atoms. The Hall–Kier alpha value is -2.53. The maximum atomic E-state index is 12.2. The first kappa shape index (κ1) is 16.8. The van der Waals surface area contributed by atoms with Gasteiger partial charge in [-0.15, -0.1) is 13.2 Å². The van der Waals surface area contributed by atoms with E-state index < -0.39 is 12.1 Å². The van der Waals surface area contributed by atoms with E-state index in [4.69, 9.17) is 0 Å². The van der Waals surface area contributed by atoms with Crippen molar-refractivity contribution in [2.45, 2.75) is 19.8 Å². The molecule has 0 amide bonds. The molecule has 1 heterocycles. The molecule has 0 unspecified atom stereocenters. The van der Waals surface area contributed by atoms with E-state index in [0.717, 1.165) is 23.5 Å².